The molecule has 1 aromatic rings. The van der Waals surface area contributed by atoms with Crippen LogP contribution in [0.1, 0.15) is 19.9 Å². The maximum absolute atomic E-state index is 11.1. The molecule has 0 fully saturated rings. The van der Waals surface area contributed by atoms with E-state index in [4.69, 9.17) is 5.14 Å². The van der Waals surface area contributed by atoms with Gasteiger partial charge in [0.05, 0.1) is 0 Å². The second-order valence-electron chi connectivity index (χ2n) is 2.89. The lowest BCUT2D eigenvalue weighted by Gasteiger charge is -2.08. The summed E-state index contributed by atoms with van der Waals surface area (Å²) < 4.78 is 24.0. The molecule has 74 valence electrons. The largest absolute Gasteiger partial charge is 0.255 e. The summed E-state index contributed by atoms with van der Waals surface area (Å²) in [5.74, 6) is 0. The first-order valence-electron chi connectivity index (χ1n) is 3.60. The summed E-state index contributed by atoms with van der Waals surface area (Å²) in [4.78, 5) is 0. The van der Waals surface area contributed by atoms with Crippen molar-refractivity contribution in [3.05, 3.63) is 10.7 Å². The molecule has 1 heterocycles. The Morgan fingerprint density at radius 1 is 1.62 bits per heavy atom. The third-order valence-corrected chi connectivity index (χ3v) is 2.73. The number of hydrogen-bond acceptors (Lipinski definition) is 3. The standard InChI is InChI=1S/C6H10BrN3O2S/c1-4(2)10-6(13(8,11)12)3-5(7)9-10/h3-4H,1-2H3,(H2,8,11,12). The Balaban J connectivity index is 3.37. The Bertz CT molecular complexity index is 410. The molecular formula is C6H10BrN3O2S. The number of hydrogen-bond donors (Lipinski definition) is 1. The fourth-order valence-corrected chi connectivity index (χ4v) is 2.26. The first kappa shape index (κ1) is 10.7. The summed E-state index contributed by atoms with van der Waals surface area (Å²) in [5.41, 5.74) is 0. The summed E-state index contributed by atoms with van der Waals surface area (Å²) in [6.45, 7) is 3.66. The van der Waals surface area contributed by atoms with E-state index in [2.05, 4.69) is 21.0 Å². The highest BCUT2D eigenvalue weighted by Gasteiger charge is 2.18. The van der Waals surface area contributed by atoms with E-state index in [9.17, 15) is 8.42 Å². The fraction of sp³-hybridized carbons (Fsp3) is 0.500. The summed E-state index contributed by atoms with van der Waals surface area (Å²) in [5, 5.41) is 8.97. The van der Waals surface area contributed by atoms with Crippen LogP contribution >= 0.6 is 15.9 Å². The fourth-order valence-electron chi connectivity index (χ4n) is 0.932. The highest BCUT2D eigenvalue weighted by molar-refractivity contribution is 9.10. The Hall–Kier alpha value is -0.400. The zero-order valence-electron chi connectivity index (χ0n) is 7.23. The molecule has 0 aliphatic heterocycles. The third kappa shape index (κ3) is 2.29. The van der Waals surface area contributed by atoms with Gasteiger partial charge in [-0.2, -0.15) is 5.10 Å². The average Bonchev–Trinajstić information content (AvgIpc) is 2.29. The van der Waals surface area contributed by atoms with Crippen molar-refractivity contribution < 1.29 is 8.42 Å². The van der Waals surface area contributed by atoms with Crippen molar-refractivity contribution in [3.8, 4) is 0 Å². The van der Waals surface area contributed by atoms with Crippen LogP contribution in [0, 0.1) is 0 Å². The van der Waals surface area contributed by atoms with Crippen LogP contribution in [0.4, 0.5) is 0 Å². The third-order valence-electron chi connectivity index (χ3n) is 1.45. The van der Waals surface area contributed by atoms with Gasteiger partial charge >= 0.3 is 0 Å². The second-order valence-corrected chi connectivity index (χ2v) is 5.21. The number of nitrogens with zero attached hydrogens (tertiary/aromatic N) is 2. The van der Waals surface area contributed by atoms with Crippen molar-refractivity contribution in [1.29, 1.82) is 0 Å². The second kappa shape index (κ2) is 3.39. The molecule has 0 aliphatic rings. The monoisotopic (exact) mass is 267 g/mol. The minimum Gasteiger partial charge on any atom is -0.249 e. The maximum Gasteiger partial charge on any atom is 0.255 e. The quantitative estimate of drug-likeness (QED) is 0.864. The normalized spacial score (nSPS) is 12.4. The van der Waals surface area contributed by atoms with Crippen molar-refractivity contribution in [1.82, 2.24) is 9.78 Å². The molecule has 0 bridgehead atoms. The molecule has 13 heavy (non-hydrogen) atoms. The Kier molecular flexibility index (Phi) is 2.79. The predicted octanol–water partition coefficient (Wildman–Crippen LogP) is 0.874. The van der Waals surface area contributed by atoms with Gasteiger partial charge in [-0.25, -0.2) is 18.2 Å². The lowest BCUT2D eigenvalue weighted by atomic mass is 10.4. The highest BCUT2D eigenvalue weighted by Crippen LogP contribution is 2.18. The van der Waals surface area contributed by atoms with Gasteiger partial charge in [-0.15, -0.1) is 0 Å². The van der Waals surface area contributed by atoms with E-state index in [1.165, 1.54) is 10.7 Å². The van der Waals surface area contributed by atoms with E-state index in [1.54, 1.807) is 0 Å². The summed E-state index contributed by atoms with van der Waals surface area (Å²) >= 11 is 3.09. The zero-order valence-corrected chi connectivity index (χ0v) is 9.63. The van der Waals surface area contributed by atoms with Gasteiger partial charge in [-0.05, 0) is 29.8 Å². The predicted molar refractivity (Wildman–Crippen MR) is 51.7 cm³/mol. The first-order valence-corrected chi connectivity index (χ1v) is 5.94. The van der Waals surface area contributed by atoms with Crippen molar-refractivity contribution >= 4 is 26.0 Å². The Morgan fingerprint density at radius 2 is 2.15 bits per heavy atom. The summed E-state index contributed by atoms with van der Waals surface area (Å²) in [6, 6.07) is 1.34. The molecule has 0 aliphatic carbocycles. The average molecular weight is 268 g/mol. The highest BCUT2D eigenvalue weighted by atomic mass is 79.9. The zero-order chi connectivity index (χ0) is 10.2. The molecule has 2 N–H and O–H groups in total. The number of rotatable bonds is 2. The summed E-state index contributed by atoms with van der Waals surface area (Å²) in [6.07, 6.45) is 0. The molecule has 0 spiro atoms. The van der Waals surface area contributed by atoms with Crippen LogP contribution in [0.25, 0.3) is 0 Å². The number of halogens is 1. The van der Waals surface area contributed by atoms with Gasteiger partial charge < -0.3 is 0 Å². The van der Waals surface area contributed by atoms with Gasteiger partial charge in [0.2, 0.25) is 0 Å². The minimum atomic E-state index is -3.69. The van der Waals surface area contributed by atoms with E-state index in [-0.39, 0.29) is 11.1 Å². The lowest BCUT2D eigenvalue weighted by Crippen LogP contribution is -2.19. The van der Waals surface area contributed by atoms with Gasteiger partial charge in [0.1, 0.15) is 4.60 Å². The number of primary sulfonamides is 1. The number of sulfonamides is 1. The van der Waals surface area contributed by atoms with Crippen LogP contribution < -0.4 is 5.14 Å². The lowest BCUT2D eigenvalue weighted by molar-refractivity contribution is 0.477. The molecule has 0 amide bonds. The SMILES string of the molecule is CC(C)n1nc(Br)cc1S(N)(=O)=O. The van der Waals surface area contributed by atoms with Crippen molar-refractivity contribution in [2.24, 2.45) is 5.14 Å². The number of aromatic nitrogens is 2. The maximum atomic E-state index is 11.1. The van der Waals surface area contributed by atoms with Gasteiger partial charge in [0, 0.05) is 12.1 Å². The van der Waals surface area contributed by atoms with Crippen LogP contribution in [0.5, 0.6) is 0 Å². The van der Waals surface area contributed by atoms with E-state index >= 15 is 0 Å². The summed E-state index contributed by atoms with van der Waals surface area (Å²) in [7, 11) is -3.69. The van der Waals surface area contributed by atoms with Gasteiger partial charge in [0.15, 0.2) is 5.03 Å². The van der Waals surface area contributed by atoms with E-state index < -0.39 is 10.0 Å². The molecule has 0 saturated heterocycles. The van der Waals surface area contributed by atoms with Gasteiger partial charge in [0.25, 0.3) is 10.0 Å². The molecule has 0 aromatic carbocycles. The molecule has 0 radical (unpaired) electrons. The molecule has 0 unspecified atom stereocenters. The Labute approximate surface area is 85.1 Å². The molecule has 0 atom stereocenters. The van der Waals surface area contributed by atoms with Crippen molar-refractivity contribution in [2.75, 3.05) is 0 Å². The van der Waals surface area contributed by atoms with Gasteiger partial charge in [-0.1, -0.05) is 0 Å². The van der Waals surface area contributed by atoms with Crippen molar-refractivity contribution in [2.45, 2.75) is 24.9 Å². The Morgan fingerprint density at radius 3 is 2.46 bits per heavy atom. The van der Waals surface area contributed by atoms with Crippen LogP contribution in [0.3, 0.4) is 0 Å². The molecule has 7 heteroatoms. The molecule has 1 rings (SSSR count). The minimum absolute atomic E-state index is 0.0226. The molecule has 0 saturated carbocycles. The topological polar surface area (TPSA) is 78.0 Å². The molecule has 5 nitrogen and oxygen atoms in total. The van der Waals surface area contributed by atoms with Crippen LogP contribution in [-0.2, 0) is 10.0 Å². The number of nitrogens with two attached hydrogens (primary N) is 1. The van der Waals surface area contributed by atoms with Crippen LogP contribution in [0.2, 0.25) is 0 Å². The van der Waals surface area contributed by atoms with Gasteiger partial charge in [-0.3, -0.25) is 0 Å². The van der Waals surface area contributed by atoms with Crippen LogP contribution in [0.15, 0.2) is 15.7 Å². The van der Waals surface area contributed by atoms with Crippen molar-refractivity contribution in [3.63, 3.8) is 0 Å². The van der Waals surface area contributed by atoms with E-state index in [1.807, 2.05) is 13.8 Å². The van der Waals surface area contributed by atoms with E-state index in [0.717, 1.165) is 0 Å². The first-order chi connectivity index (χ1) is 5.82. The van der Waals surface area contributed by atoms with Crippen LogP contribution in [-0.4, -0.2) is 18.2 Å². The molecular weight excluding hydrogens is 258 g/mol. The van der Waals surface area contributed by atoms with E-state index in [0.29, 0.717) is 4.60 Å². The smallest absolute Gasteiger partial charge is 0.249 e. The molecule has 1 aromatic heterocycles.